The number of hydrogen-bond acceptors (Lipinski definition) is 3. The fourth-order valence-corrected chi connectivity index (χ4v) is 5.77. The molecule has 0 aromatic heterocycles. The topological polar surface area (TPSA) is 35.5 Å². The van der Waals surface area contributed by atoms with Gasteiger partial charge in [-0.05, 0) is 26.1 Å². The van der Waals surface area contributed by atoms with Crippen molar-refractivity contribution in [1.29, 1.82) is 0 Å². The Kier molecular flexibility index (Phi) is 6.35. The number of rotatable bonds is 6. The van der Waals surface area contributed by atoms with Gasteiger partial charge in [-0.1, -0.05) is 22.6 Å². The summed E-state index contributed by atoms with van der Waals surface area (Å²) in [5.74, 6) is 0. The molecule has 1 atom stereocenters. The molecule has 0 spiro atoms. The first-order chi connectivity index (χ1) is 5.77. The first-order valence-electron chi connectivity index (χ1n) is 4.25. The fraction of sp³-hybridized carbons (Fsp3) is 1.00. The van der Waals surface area contributed by atoms with E-state index in [9.17, 15) is 4.57 Å². The van der Waals surface area contributed by atoms with Gasteiger partial charge in [-0.2, -0.15) is 0 Å². The molecule has 0 saturated carbocycles. The van der Waals surface area contributed by atoms with Crippen LogP contribution >= 0.6 is 30.2 Å². The van der Waals surface area contributed by atoms with Gasteiger partial charge in [0, 0.05) is 11.1 Å². The molecule has 80 valence electrons. The van der Waals surface area contributed by atoms with E-state index in [0.717, 1.165) is 10.8 Å². The van der Waals surface area contributed by atoms with Crippen LogP contribution in [0.3, 0.4) is 0 Å². The lowest BCUT2D eigenvalue weighted by molar-refractivity contribution is 0.270. The Morgan fingerprint density at radius 2 is 1.92 bits per heavy atom. The lowest BCUT2D eigenvalue weighted by atomic mass is 10.5. The summed E-state index contributed by atoms with van der Waals surface area (Å²) in [4.78, 5) is 0. The van der Waals surface area contributed by atoms with E-state index in [1.165, 1.54) is 0 Å². The fourth-order valence-electron chi connectivity index (χ4n) is 0.809. The molecule has 0 aliphatic heterocycles. The molecule has 13 heavy (non-hydrogen) atoms. The Hall–Kier alpha value is 1.10. The highest BCUT2D eigenvalue weighted by Crippen LogP contribution is 2.46. The normalized spacial score (nSPS) is 17.0. The summed E-state index contributed by atoms with van der Waals surface area (Å²) >= 11 is 2.27. The molecule has 0 bridgehead atoms. The highest BCUT2D eigenvalue weighted by atomic mass is 127. The Morgan fingerprint density at radius 3 is 2.31 bits per heavy atom. The maximum atomic E-state index is 11.7. The molecule has 1 unspecified atom stereocenters. The van der Waals surface area contributed by atoms with Crippen LogP contribution in [0.15, 0.2) is 0 Å². The van der Waals surface area contributed by atoms with Gasteiger partial charge in [0.15, 0.2) is 8.32 Å². The third-order valence-electron chi connectivity index (χ3n) is 1.04. The van der Waals surface area contributed by atoms with Gasteiger partial charge < -0.3 is 8.74 Å². The van der Waals surface area contributed by atoms with Gasteiger partial charge >= 0.3 is 7.60 Å². The molecule has 6 heteroatoms. The van der Waals surface area contributed by atoms with Crippen molar-refractivity contribution < 1.29 is 13.3 Å². The average Bonchev–Trinajstić information content (AvgIpc) is 1.81. The minimum absolute atomic E-state index is 0.529. The summed E-state index contributed by atoms with van der Waals surface area (Å²) in [5, 5.41) is 0. The van der Waals surface area contributed by atoms with Crippen molar-refractivity contribution in [3.8, 4) is 0 Å². The Labute approximate surface area is 95.4 Å². The van der Waals surface area contributed by atoms with Crippen LogP contribution in [0.2, 0.25) is 19.6 Å². The predicted molar refractivity (Wildman–Crippen MR) is 67.4 cm³/mol. The van der Waals surface area contributed by atoms with Gasteiger partial charge in [0.25, 0.3) is 0 Å². The molecule has 0 aliphatic carbocycles. The van der Waals surface area contributed by atoms with E-state index < -0.39 is 15.9 Å². The molecular weight excluding hydrogens is 318 g/mol. The zero-order chi connectivity index (χ0) is 10.5. The second-order valence-corrected chi connectivity index (χ2v) is 11.7. The largest absolute Gasteiger partial charge is 0.351 e. The van der Waals surface area contributed by atoms with E-state index in [4.69, 9.17) is 8.74 Å². The monoisotopic (exact) mass is 336 g/mol. The third kappa shape index (κ3) is 9.40. The molecule has 0 fully saturated rings. The summed E-state index contributed by atoms with van der Waals surface area (Å²) in [6.45, 7) is 8.10. The van der Waals surface area contributed by atoms with Gasteiger partial charge in [-0.15, -0.1) is 0 Å². The predicted octanol–water partition coefficient (Wildman–Crippen LogP) is 3.50. The van der Waals surface area contributed by atoms with Crippen LogP contribution in [0, 0.1) is 0 Å². The number of alkyl halides is 1. The highest BCUT2D eigenvalue weighted by molar-refractivity contribution is 14.1. The molecular formula is C7H18IO3PSi. The van der Waals surface area contributed by atoms with E-state index >= 15 is 0 Å². The Bertz CT molecular complexity index is 193. The van der Waals surface area contributed by atoms with Crippen LogP contribution in [0.1, 0.15) is 6.42 Å². The molecule has 0 rings (SSSR count). The molecule has 0 saturated heterocycles. The van der Waals surface area contributed by atoms with Gasteiger partial charge in [-0.3, -0.25) is 4.57 Å². The summed E-state index contributed by atoms with van der Waals surface area (Å²) in [7, 11) is -4.53. The van der Waals surface area contributed by atoms with Gasteiger partial charge in [0.05, 0.1) is 6.61 Å². The van der Waals surface area contributed by atoms with Crippen molar-refractivity contribution in [2.45, 2.75) is 26.1 Å². The molecule has 0 radical (unpaired) electrons. The van der Waals surface area contributed by atoms with Crippen molar-refractivity contribution in [3.05, 3.63) is 0 Å². The van der Waals surface area contributed by atoms with Crippen molar-refractivity contribution in [2.24, 2.45) is 0 Å². The molecule has 0 heterocycles. The van der Waals surface area contributed by atoms with Crippen LogP contribution in [0.25, 0.3) is 0 Å². The quantitative estimate of drug-likeness (QED) is 0.245. The average molecular weight is 336 g/mol. The van der Waals surface area contributed by atoms with Crippen molar-refractivity contribution >= 4 is 38.5 Å². The molecule has 0 aromatic carbocycles. The minimum atomic E-state index is -2.79. The van der Waals surface area contributed by atoms with E-state index in [-0.39, 0.29) is 0 Å². The smallest absolute Gasteiger partial charge is 0.318 e. The SMILES string of the molecule is C[Si](C)(C)OP(C)(=O)OCCCI. The van der Waals surface area contributed by atoms with Crippen LogP contribution in [0.5, 0.6) is 0 Å². The number of hydrogen-bond donors (Lipinski definition) is 0. The zero-order valence-electron chi connectivity index (χ0n) is 8.67. The van der Waals surface area contributed by atoms with Gasteiger partial charge in [0.1, 0.15) is 0 Å². The highest BCUT2D eigenvalue weighted by Gasteiger charge is 2.26. The summed E-state index contributed by atoms with van der Waals surface area (Å²) in [5.41, 5.74) is 0. The first kappa shape index (κ1) is 14.1. The number of halogens is 1. The van der Waals surface area contributed by atoms with E-state index in [0.29, 0.717) is 6.61 Å². The second kappa shape index (κ2) is 5.85. The van der Waals surface area contributed by atoms with Gasteiger partial charge in [-0.25, -0.2) is 0 Å². The summed E-state index contributed by atoms with van der Waals surface area (Å²) in [6.07, 6.45) is 0.924. The molecule has 0 aliphatic rings. The standard InChI is InChI=1S/C7H18IO3PSi/c1-12(9,10-7-5-6-8)11-13(2,3)4/h5-7H2,1-4H3. The van der Waals surface area contributed by atoms with Crippen molar-refractivity contribution in [2.75, 3.05) is 17.7 Å². The van der Waals surface area contributed by atoms with E-state index in [1.54, 1.807) is 6.66 Å². The minimum Gasteiger partial charge on any atom is -0.351 e. The Morgan fingerprint density at radius 1 is 1.38 bits per heavy atom. The molecule has 0 N–H and O–H groups in total. The maximum absolute atomic E-state index is 11.7. The zero-order valence-corrected chi connectivity index (χ0v) is 12.7. The first-order valence-corrected chi connectivity index (χ1v) is 11.2. The van der Waals surface area contributed by atoms with Crippen LogP contribution in [-0.4, -0.2) is 26.0 Å². The van der Waals surface area contributed by atoms with Gasteiger partial charge in [0.2, 0.25) is 0 Å². The second-order valence-electron chi connectivity index (χ2n) is 3.85. The van der Waals surface area contributed by atoms with E-state index in [2.05, 4.69) is 22.6 Å². The third-order valence-corrected chi connectivity index (χ3v) is 5.98. The van der Waals surface area contributed by atoms with Crippen molar-refractivity contribution in [1.82, 2.24) is 0 Å². The van der Waals surface area contributed by atoms with E-state index in [1.807, 2.05) is 19.6 Å². The summed E-state index contributed by atoms with van der Waals surface area (Å²) < 4.78 is 23.4. The van der Waals surface area contributed by atoms with Crippen LogP contribution < -0.4 is 0 Å². The van der Waals surface area contributed by atoms with Crippen molar-refractivity contribution in [3.63, 3.8) is 0 Å². The lowest BCUT2D eigenvalue weighted by Crippen LogP contribution is -2.24. The Balaban J connectivity index is 3.88. The maximum Gasteiger partial charge on any atom is 0.318 e. The van der Waals surface area contributed by atoms with Crippen LogP contribution in [-0.2, 0) is 13.3 Å². The summed E-state index contributed by atoms with van der Waals surface area (Å²) in [6, 6.07) is 0. The molecule has 3 nitrogen and oxygen atoms in total. The molecule has 0 amide bonds. The lowest BCUT2D eigenvalue weighted by Gasteiger charge is -2.22. The van der Waals surface area contributed by atoms with Crippen LogP contribution in [0.4, 0.5) is 0 Å². The molecule has 0 aromatic rings.